The summed E-state index contributed by atoms with van der Waals surface area (Å²) < 4.78 is 38.7. The first kappa shape index (κ1) is 17.3. The van der Waals surface area contributed by atoms with Crippen LogP contribution in [0.15, 0.2) is 24.3 Å². The van der Waals surface area contributed by atoms with E-state index in [0.717, 1.165) is 38.2 Å². The van der Waals surface area contributed by atoms with Gasteiger partial charge < -0.3 is 10.0 Å². The fourth-order valence-electron chi connectivity index (χ4n) is 3.29. The van der Waals surface area contributed by atoms with Gasteiger partial charge in [-0.05, 0) is 51.1 Å². The SMILES string of the molecule is CN(C)C(CC1(O)CCCCC1)c1cccc(C(F)(F)F)c1. The molecule has 2 nitrogen and oxygen atoms in total. The van der Waals surface area contributed by atoms with E-state index < -0.39 is 17.3 Å². The number of hydrogen-bond donors (Lipinski definition) is 1. The molecule has 1 atom stereocenters. The standard InChI is InChI=1S/C17H24F3NO/c1-21(2)15(12-16(22)9-4-3-5-10-16)13-7-6-8-14(11-13)17(18,19)20/h6-8,11,15,22H,3-5,9-10,12H2,1-2H3. The van der Waals surface area contributed by atoms with Crippen molar-refractivity contribution in [1.29, 1.82) is 0 Å². The van der Waals surface area contributed by atoms with Crippen LogP contribution in [0.3, 0.4) is 0 Å². The predicted molar refractivity (Wildman–Crippen MR) is 80.5 cm³/mol. The van der Waals surface area contributed by atoms with Crippen LogP contribution in [0.2, 0.25) is 0 Å². The fraction of sp³-hybridized carbons (Fsp3) is 0.647. The molecule has 1 fully saturated rings. The van der Waals surface area contributed by atoms with Crippen molar-refractivity contribution in [3.05, 3.63) is 35.4 Å². The highest BCUT2D eigenvalue weighted by Crippen LogP contribution is 2.38. The first-order valence-electron chi connectivity index (χ1n) is 7.77. The average Bonchev–Trinajstić information content (AvgIpc) is 2.44. The Morgan fingerprint density at radius 1 is 1.18 bits per heavy atom. The lowest BCUT2D eigenvalue weighted by molar-refractivity contribution is -0.137. The van der Waals surface area contributed by atoms with Crippen LogP contribution in [0.25, 0.3) is 0 Å². The molecular weight excluding hydrogens is 291 g/mol. The molecule has 5 heteroatoms. The van der Waals surface area contributed by atoms with Gasteiger partial charge in [-0.15, -0.1) is 0 Å². The van der Waals surface area contributed by atoms with Gasteiger partial charge in [-0.25, -0.2) is 0 Å². The van der Waals surface area contributed by atoms with Crippen molar-refractivity contribution in [3.63, 3.8) is 0 Å². The van der Waals surface area contributed by atoms with E-state index in [0.29, 0.717) is 12.0 Å². The van der Waals surface area contributed by atoms with Crippen LogP contribution >= 0.6 is 0 Å². The van der Waals surface area contributed by atoms with Gasteiger partial charge >= 0.3 is 6.18 Å². The van der Waals surface area contributed by atoms with Gasteiger partial charge in [0.2, 0.25) is 0 Å². The summed E-state index contributed by atoms with van der Waals surface area (Å²) in [7, 11) is 3.69. The van der Waals surface area contributed by atoms with Crippen LogP contribution in [-0.4, -0.2) is 29.7 Å². The van der Waals surface area contributed by atoms with Crippen LogP contribution in [0.4, 0.5) is 13.2 Å². The molecule has 0 spiro atoms. The Morgan fingerprint density at radius 2 is 1.82 bits per heavy atom. The molecule has 0 heterocycles. The zero-order valence-electron chi connectivity index (χ0n) is 13.2. The highest BCUT2D eigenvalue weighted by atomic mass is 19.4. The molecule has 0 bridgehead atoms. The van der Waals surface area contributed by atoms with E-state index in [1.54, 1.807) is 6.07 Å². The average molecular weight is 315 g/mol. The summed E-state index contributed by atoms with van der Waals surface area (Å²) in [6.45, 7) is 0. The smallest absolute Gasteiger partial charge is 0.390 e. The summed E-state index contributed by atoms with van der Waals surface area (Å²) in [4.78, 5) is 1.89. The summed E-state index contributed by atoms with van der Waals surface area (Å²) in [5.41, 5.74) is -0.784. The number of hydrogen-bond acceptors (Lipinski definition) is 2. The third kappa shape index (κ3) is 4.23. The molecule has 1 aromatic carbocycles. The highest BCUT2D eigenvalue weighted by molar-refractivity contribution is 5.28. The lowest BCUT2D eigenvalue weighted by atomic mass is 9.79. The monoisotopic (exact) mass is 315 g/mol. The normalized spacial score (nSPS) is 20.1. The molecule has 1 saturated carbocycles. The molecule has 1 aliphatic carbocycles. The fourth-order valence-corrected chi connectivity index (χ4v) is 3.29. The van der Waals surface area contributed by atoms with E-state index in [1.807, 2.05) is 19.0 Å². The van der Waals surface area contributed by atoms with Crippen molar-refractivity contribution >= 4 is 0 Å². The van der Waals surface area contributed by atoms with Crippen LogP contribution in [-0.2, 0) is 6.18 Å². The molecule has 1 unspecified atom stereocenters. The molecular formula is C17H24F3NO. The molecule has 22 heavy (non-hydrogen) atoms. The maximum atomic E-state index is 12.9. The van der Waals surface area contributed by atoms with E-state index in [-0.39, 0.29) is 6.04 Å². The number of benzene rings is 1. The second-order valence-corrected chi connectivity index (χ2v) is 6.59. The Kier molecular flexibility index (Phi) is 5.17. The van der Waals surface area contributed by atoms with Crippen LogP contribution < -0.4 is 0 Å². The van der Waals surface area contributed by atoms with Gasteiger partial charge in [-0.3, -0.25) is 0 Å². The molecule has 1 N–H and O–H groups in total. The summed E-state index contributed by atoms with van der Waals surface area (Å²) in [5.74, 6) is 0. The number of halogens is 3. The van der Waals surface area contributed by atoms with Crippen molar-refractivity contribution in [2.75, 3.05) is 14.1 Å². The van der Waals surface area contributed by atoms with Crippen molar-refractivity contribution in [3.8, 4) is 0 Å². The van der Waals surface area contributed by atoms with E-state index in [1.165, 1.54) is 12.1 Å². The Labute approximate surface area is 129 Å². The molecule has 0 saturated heterocycles. The van der Waals surface area contributed by atoms with Gasteiger partial charge in [-0.2, -0.15) is 13.2 Å². The maximum Gasteiger partial charge on any atom is 0.416 e. The van der Waals surface area contributed by atoms with Crippen molar-refractivity contribution in [2.24, 2.45) is 0 Å². The van der Waals surface area contributed by atoms with Crippen molar-refractivity contribution < 1.29 is 18.3 Å². The van der Waals surface area contributed by atoms with E-state index in [2.05, 4.69) is 0 Å². The molecule has 1 aliphatic rings. The Balaban J connectivity index is 2.24. The summed E-state index contributed by atoms with van der Waals surface area (Å²) in [6.07, 6.45) is 0.694. The first-order valence-corrected chi connectivity index (χ1v) is 7.77. The Bertz CT molecular complexity index is 493. The summed E-state index contributed by atoms with van der Waals surface area (Å²) >= 11 is 0. The van der Waals surface area contributed by atoms with Crippen molar-refractivity contribution in [1.82, 2.24) is 4.90 Å². The van der Waals surface area contributed by atoms with Crippen molar-refractivity contribution in [2.45, 2.75) is 56.3 Å². The molecule has 0 aromatic heterocycles. The maximum absolute atomic E-state index is 12.9. The van der Waals surface area contributed by atoms with Gasteiger partial charge in [0.05, 0.1) is 11.2 Å². The molecule has 0 radical (unpaired) electrons. The topological polar surface area (TPSA) is 23.5 Å². The van der Waals surface area contributed by atoms with Gasteiger partial charge in [0.1, 0.15) is 0 Å². The number of nitrogens with zero attached hydrogens (tertiary/aromatic N) is 1. The molecule has 2 rings (SSSR count). The second kappa shape index (κ2) is 6.59. The van der Waals surface area contributed by atoms with E-state index in [9.17, 15) is 18.3 Å². The minimum atomic E-state index is -4.34. The highest BCUT2D eigenvalue weighted by Gasteiger charge is 2.35. The summed E-state index contributed by atoms with van der Waals surface area (Å²) in [5, 5.41) is 10.7. The number of rotatable bonds is 4. The zero-order chi connectivity index (χ0) is 16.4. The predicted octanol–water partition coefficient (Wildman–Crippen LogP) is 4.39. The van der Waals surface area contributed by atoms with Gasteiger partial charge in [0.25, 0.3) is 0 Å². The molecule has 1 aromatic rings. The lowest BCUT2D eigenvalue weighted by Gasteiger charge is -2.37. The van der Waals surface area contributed by atoms with Crippen LogP contribution in [0.5, 0.6) is 0 Å². The first-order chi connectivity index (χ1) is 10.2. The van der Waals surface area contributed by atoms with Crippen LogP contribution in [0, 0.1) is 0 Å². The Hall–Kier alpha value is -1.07. The molecule has 124 valence electrons. The number of aliphatic hydroxyl groups is 1. The summed E-state index contributed by atoms with van der Waals surface area (Å²) in [6, 6.07) is 5.24. The van der Waals surface area contributed by atoms with Gasteiger partial charge in [0, 0.05) is 6.04 Å². The zero-order valence-corrected chi connectivity index (χ0v) is 13.2. The minimum Gasteiger partial charge on any atom is -0.390 e. The van der Waals surface area contributed by atoms with E-state index >= 15 is 0 Å². The van der Waals surface area contributed by atoms with E-state index in [4.69, 9.17) is 0 Å². The third-order valence-electron chi connectivity index (χ3n) is 4.58. The lowest BCUT2D eigenvalue weighted by Crippen LogP contribution is -2.36. The molecule has 0 amide bonds. The van der Waals surface area contributed by atoms with Crippen LogP contribution in [0.1, 0.15) is 55.7 Å². The third-order valence-corrected chi connectivity index (χ3v) is 4.58. The number of alkyl halides is 3. The van der Waals surface area contributed by atoms with Gasteiger partial charge in [0.15, 0.2) is 0 Å². The Morgan fingerprint density at radius 3 is 2.36 bits per heavy atom. The van der Waals surface area contributed by atoms with Gasteiger partial charge in [-0.1, -0.05) is 31.4 Å². The minimum absolute atomic E-state index is 0.217. The second-order valence-electron chi connectivity index (χ2n) is 6.59. The quantitative estimate of drug-likeness (QED) is 0.890. The largest absolute Gasteiger partial charge is 0.416 e. The molecule has 0 aliphatic heterocycles.